The fourth-order valence-corrected chi connectivity index (χ4v) is 2.55. The van der Waals surface area contributed by atoms with Gasteiger partial charge in [0.15, 0.2) is 0 Å². The molecule has 0 aliphatic heterocycles. The van der Waals surface area contributed by atoms with Gasteiger partial charge in [-0.3, -0.25) is 0 Å². The Balaban J connectivity index is 0.00000108. The maximum atomic E-state index is 2.29. The van der Waals surface area contributed by atoms with Crippen LogP contribution in [0.15, 0.2) is 36.4 Å². The van der Waals surface area contributed by atoms with Crippen LogP contribution in [0.4, 0.5) is 0 Å². The Labute approximate surface area is 115 Å². The maximum absolute atomic E-state index is 2.29. The van der Waals surface area contributed by atoms with Crippen molar-refractivity contribution in [1.82, 2.24) is 0 Å². The van der Waals surface area contributed by atoms with Gasteiger partial charge < -0.3 is 0 Å². The van der Waals surface area contributed by atoms with Crippen molar-refractivity contribution < 1.29 is 19.5 Å². The zero-order valence-electron chi connectivity index (χ0n) is 10.3. The summed E-state index contributed by atoms with van der Waals surface area (Å²) in [7, 11) is 0. The van der Waals surface area contributed by atoms with Gasteiger partial charge in [0, 0.05) is 19.5 Å². The second-order valence-corrected chi connectivity index (χ2v) is 4.72. The van der Waals surface area contributed by atoms with E-state index < -0.39 is 0 Å². The zero-order chi connectivity index (χ0) is 11.3. The smallest absolute Gasteiger partial charge is 0 e. The predicted octanol–water partition coefficient (Wildman–Crippen LogP) is 4.63. The number of rotatable bonds is 0. The first-order valence-electron chi connectivity index (χ1n) is 5.73. The van der Waals surface area contributed by atoms with Gasteiger partial charge in [-0.2, -0.15) is 0 Å². The summed E-state index contributed by atoms with van der Waals surface area (Å²) in [5, 5.41) is 5.58. The summed E-state index contributed by atoms with van der Waals surface area (Å²) in [5.41, 5.74) is 4.09. The van der Waals surface area contributed by atoms with Crippen LogP contribution in [-0.2, 0) is 19.5 Å². The fraction of sp³-hybridized carbons (Fsp3) is 0.188. The number of fused-ring (bicyclic) bond motifs is 3. The van der Waals surface area contributed by atoms with Crippen molar-refractivity contribution in [3.05, 3.63) is 53.1 Å². The van der Waals surface area contributed by atoms with Crippen molar-refractivity contribution in [2.45, 2.75) is 20.8 Å². The quantitative estimate of drug-likeness (QED) is 0.419. The molecule has 89 valence electrons. The average Bonchev–Trinajstić information content (AvgIpc) is 2.53. The number of aryl methyl sites for hydroxylation is 3. The van der Waals surface area contributed by atoms with Gasteiger partial charge in [0.1, 0.15) is 0 Å². The minimum absolute atomic E-state index is 0. The molecule has 0 aliphatic rings. The number of hydrogen-bond acceptors (Lipinski definition) is 0. The largest absolute Gasteiger partial charge is 0.120 e. The molecule has 0 aliphatic carbocycles. The second kappa shape index (κ2) is 4.31. The normalized spacial score (nSPS) is 10.8. The number of hydrogen-bond donors (Lipinski definition) is 0. The number of benzene rings is 2. The van der Waals surface area contributed by atoms with E-state index in [9.17, 15) is 0 Å². The van der Waals surface area contributed by atoms with E-state index in [0.29, 0.717) is 0 Å². The summed E-state index contributed by atoms with van der Waals surface area (Å²) >= 11 is 0. The molecular formula is C16H15Rh-. The first-order valence-corrected chi connectivity index (χ1v) is 5.73. The molecule has 1 radical (unpaired) electrons. The van der Waals surface area contributed by atoms with Crippen molar-refractivity contribution in [2.75, 3.05) is 0 Å². The molecule has 3 aromatic rings. The van der Waals surface area contributed by atoms with Crippen LogP contribution in [0, 0.1) is 20.8 Å². The molecule has 0 bridgehead atoms. The van der Waals surface area contributed by atoms with Crippen LogP contribution < -0.4 is 0 Å². The Bertz CT molecular complexity index is 630. The Morgan fingerprint density at radius 2 is 1.18 bits per heavy atom. The molecule has 0 saturated carbocycles. The molecule has 0 heterocycles. The van der Waals surface area contributed by atoms with E-state index >= 15 is 0 Å². The van der Waals surface area contributed by atoms with Crippen LogP contribution >= 0.6 is 0 Å². The third kappa shape index (κ3) is 1.83. The summed E-state index contributed by atoms with van der Waals surface area (Å²) in [5.74, 6) is 0. The van der Waals surface area contributed by atoms with Gasteiger partial charge >= 0.3 is 0 Å². The van der Waals surface area contributed by atoms with Gasteiger partial charge in [-0.05, 0) is 13.8 Å². The average molecular weight is 310 g/mol. The summed E-state index contributed by atoms with van der Waals surface area (Å²) in [4.78, 5) is 0. The molecule has 0 aromatic heterocycles. The van der Waals surface area contributed by atoms with Gasteiger partial charge in [-0.15, -0.1) is 39.2 Å². The molecule has 0 amide bonds. The molecule has 0 unspecified atom stereocenters. The first kappa shape index (κ1) is 12.4. The Hall–Kier alpha value is -1.07. The van der Waals surface area contributed by atoms with E-state index in [2.05, 4.69) is 57.2 Å². The molecule has 0 N–H and O–H groups in total. The standard InChI is InChI=1S/C16H15.Rh/c1-10-4-6-13-14-7-5-11(2)9-16(14)12(3)15(13)8-10;/h4-9H,1-3H3;/q-1;. The second-order valence-electron chi connectivity index (χ2n) is 4.72. The van der Waals surface area contributed by atoms with Crippen LogP contribution in [0.1, 0.15) is 16.7 Å². The van der Waals surface area contributed by atoms with E-state index in [1.54, 1.807) is 0 Å². The topological polar surface area (TPSA) is 0 Å². The third-order valence-electron chi connectivity index (χ3n) is 3.45. The Morgan fingerprint density at radius 3 is 1.59 bits per heavy atom. The molecule has 0 fully saturated rings. The van der Waals surface area contributed by atoms with Crippen LogP contribution in [0.2, 0.25) is 0 Å². The van der Waals surface area contributed by atoms with Gasteiger partial charge in [-0.1, -0.05) is 42.3 Å². The Morgan fingerprint density at radius 1 is 0.765 bits per heavy atom. The maximum Gasteiger partial charge on any atom is 0 e. The van der Waals surface area contributed by atoms with E-state index in [-0.39, 0.29) is 19.5 Å². The molecule has 3 rings (SSSR count). The van der Waals surface area contributed by atoms with Gasteiger partial charge in [-0.25, -0.2) is 0 Å². The molecule has 0 spiro atoms. The van der Waals surface area contributed by atoms with Gasteiger partial charge in [0.05, 0.1) is 0 Å². The van der Waals surface area contributed by atoms with E-state index in [1.807, 2.05) is 0 Å². The molecule has 0 nitrogen and oxygen atoms in total. The predicted molar refractivity (Wildman–Crippen MR) is 71.3 cm³/mol. The van der Waals surface area contributed by atoms with Crippen molar-refractivity contribution >= 4 is 21.5 Å². The summed E-state index contributed by atoms with van der Waals surface area (Å²) < 4.78 is 0. The van der Waals surface area contributed by atoms with Crippen molar-refractivity contribution in [2.24, 2.45) is 0 Å². The summed E-state index contributed by atoms with van der Waals surface area (Å²) in [6.07, 6.45) is 0. The Kier molecular flexibility index (Phi) is 3.14. The van der Waals surface area contributed by atoms with Crippen molar-refractivity contribution in [1.29, 1.82) is 0 Å². The van der Waals surface area contributed by atoms with Crippen molar-refractivity contribution in [3.8, 4) is 0 Å². The molecule has 0 saturated heterocycles. The monoisotopic (exact) mass is 310 g/mol. The fourth-order valence-electron chi connectivity index (χ4n) is 2.55. The summed E-state index contributed by atoms with van der Waals surface area (Å²) in [6, 6.07) is 13.5. The molecule has 0 atom stereocenters. The van der Waals surface area contributed by atoms with Crippen LogP contribution in [0.3, 0.4) is 0 Å². The molecule has 3 aromatic carbocycles. The zero-order valence-corrected chi connectivity index (χ0v) is 11.9. The van der Waals surface area contributed by atoms with E-state index in [0.717, 1.165) is 0 Å². The van der Waals surface area contributed by atoms with Crippen molar-refractivity contribution in [3.63, 3.8) is 0 Å². The summed E-state index contributed by atoms with van der Waals surface area (Å²) in [6.45, 7) is 6.53. The molecule has 1 heteroatoms. The van der Waals surface area contributed by atoms with E-state index in [4.69, 9.17) is 0 Å². The van der Waals surface area contributed by atoms with Crippen LogP contribution in [0.25, 0.3) is 21.5 Å². The molecular weight excluding hydrogens is 295 g/mol. The van der Waals surface area contributed by atoms with Crippen LogP contribution in [0.5, 0.6) is 0 Å². The minimum Gasteiger partial charge on any atom is -0.120 e. The third-order valence-corrected chi connectivity index (χ3v) is 3.45. The van der Waals surface area contributed by atoms with Crippen LogP contribution in [-0.4, -0.2) is 0 Å². The van der Waals surface area contributed by atoms with Gasteiger partial charge in [0.25, 0.3) is 0 Å². The van der Waals surface area contributed by atoms with Gasteiger partial charge in [0.2, 0.25) is 0 Å². The van der Waals surface area contributed by atoms with E-state index in [1.165, 1.54) is 38.2 Å². The molecule has 17 heavy (non-hydrogen) atoms. The minimum atomic E-state index is 0. The SMILES string of the molecule is Cc1ccc2c3ccc(C)cc3[c-](C)c2c1.[Rh]. The first-order chi connectivity index (χ1) is 7.66.